The van der Waals surface area contributed by atoms with E-state index in [-0.39, 0.29) is 0 Å². The van der Waals surface area contributed by atoms with Crippen LogP contribution in [0.4, 0.5) is 0 Å². The zero-order chi connectivity index (χ0) is 9.31. The summed E-state index contributed by atoms with van der Waals surface area (Å²) in [5.41, 5.74) is 0.666. The van der Waals surface area contributed by atoms with E-state index in [4.69, 9.17) is 0 Å². The molecule has 1 aliphatic heterocycles. The molecule has 0 aromatic heterocycles. The third kappa shape index (κ3) is 2.10. The summed E-state index contributed by atoms with van der Waals surface area (Å²) in [6, 6.07) is 8.08. The maximum Gasteiger partial charge on any atom is 0.0935 e. The molecule has 0 aliphatic carbocycles. The minimum atomic E-state index is -0.513. The van der Waals surface area contributed by atoms with Crippen molar-refractivity contribution in [3.63, 3.8) is 0 Å². The number of nitrogens with one attached hydrogen (secondary N) is 1. The highest BCUT2D eigenvalue weighted by atomic mass is 79.9. The number of benzene rings is 1. The van der Waals surface area contributed by atoms with Gasteiger partial charge in [-0.15, -0.1) is 0 Å². The molecular weight excluding hydrogens is 230 g/mol. The molecule has 0 saturated carbocycles. The molecule has 1 heterocycles. The topological polar surface area (TPSA) is 32.3 Å². The van der Waals surface area contributed by atoms with E-state index in [0.717, 1.165) is 10.9 Å². The Balaban J connectivity index is 2.09. The minimum absolute atomic E-state index is 0.513. The van der Waals surface area contributed by atoms with Gasteiger partial charge in [0.1, 0.15) is 0 Å². The minimum Gasteiger partial charge on any atom is -0.387 e. The van der Waals surface area contributed by atoms with Gasteiger partial charge >= 0.3 is 0 Å². The van der Waals surface area contributed by atoms with Gasteiger partial charge in [-0.25, -0.2) is 0 Å². The zero-order valence-corrected chi connectivity index (χ0v) is 8.84. The van der Waals surface area contributed by atoms with Crippen molar-refractivity contribution < 1.29 is 5.11 Å². The van der Waals surface area contributed by atoms with Crippen molar-refractivity contribution in [3.05, 3.63) is 34.3 Å². The molecule has 1 aliphatic rings. The lowest BCUT2D eigenvalue weighted by Crippen LogP contribution is -2.60. The van der Waals surface area contributed by atoms with Crippen LogP contribution in [0.3, 0.4) is 0 Å². The molecule has 1 aromatic rings. The lowest BCUT2D eigenvalue weighted by molar-refractivity contribution is -0.00902. The third-order valence-corrected chi connectivity index (χ3v) is 2.82. The number of rotatable bonds is 2. The van der Waals surface area contributed by atoms with E-state index in [0.29, 0.717) is 13.1 Å². The average Bonchev–Trinajstić information content (AvgIpc) is 2.01. The van der Waals surface area contributed by atoms with E-state index < -0.39 is 5.60 Å². The van der Waals surface area contributed by atoms with Crippen molar-refractivity contribution in [1.82, 2.24) is 5.32 Å². The molecule has 1 saturated heterocycles. The molecule has 1 fully saturated rings. The second-order valence-electron chi connectivity index (χ2n) is 3.63. The normalized spacial score (nSPS) is 19.5. The summed E-state index contributed by atoms with van der Waals surface area (Å²) in [6.45, 7) is 1.42. The number of β-amino-alcohol motifs (C(OH)–C–C–N with tert-alkyl or cyclic N) is 1. The molecule has 13 heavy (non-hydrogen) atoms. The molecule has 0 radical (unpaired) electrons. The van der Waals surface area contributed by atoms with Gasteiger partial charge < -0.3 is 10.4 Å². The Morgan fingerprint density at radius 1 is 1.46 bits per heavy atom. The Bertz CT molecular complexity index is 310. The first-order chi connectivity index (χ1) is 6.18. The van der Waals surface area contributed by atoms with E-state index in [9.17, 15) is 5.11 Å². The second kappa shape index (κ2) is 3.40. The van der Waals surface area contributed by atoms with Gasteiger partial charge in [-0.05, 0) is 17.7 Å². The molecule has 2 N–H and O–H groups in total. The van der Waals surface area contributed by atoms with Crippen molar-refractivity contribution >= 4 is 15.9 Å². The molecule has 3 heteroatoms. The van der Waals surface area contributed by atoms with Crippen molar-refractivity contribution in [2.45, 2.75) is 12.0 Å². The van der Waals surface area contributed by atoms with Crippen LogP contribution in [0.1, 0.15) is 5.56 Å². The van der Waals surface area contributed by atoms with Crippen LogP contribution in [0, 0.1) is 0 Å². The van der Waals surface area contributed by atoms with Crippen LogP contribution in [-0.4, -0.2) is 23.8 Å². The van der Waals surface area contributed by atoms with E-state index in [1.807, 2.05) is 18.2 Å². The molecular formula is C10H12BrNO. The number of hydrogen-bond donors (Lipinski definition) is 2. The number of aliphatic hydroxyl groups is 1. The van der Waals surface area contributed by atoms with Gasteiger partial charge in [0.25, 0.3) is 0 Å². The van der Waals surface area contributed by atoms with Gasteiger partial charge in [0, 0.05) is 24.0 Å². The highest BCUT2D eigenvalue weighted by Crippen LogP contribution is 2.20. The van der Waals surface area contributed by atoms with Crippen LogP contribution in [0.15, 0.2) is 28.7 Å². The van der Waals surface area contributed by atoms with Crippen molar-refractivity contribution in [2.24, 2.45) is 0 Å². The molecule has 70 valence electrons. The van der Waals surface area contributed by atoms with E-state index in [1.165, 1.54) is 5.56 Å². The first-order valence-corrected chi connectivity index (χ1v) is 5.15. The molecule has 0 amide bonds. The highest BCUT2D eigenvalue weighted by Gasteiger charge is 2.33. The largest absolute Gasteiger partial charge is 0.387 e. The molecule has 0 atom stereocenters. The van der Waals surface area contributed by atoms with E-state index >= 15 is 0 Å². The summed E-state index contributed by atoms with van der Waals surface area (Å²) in [5, 5.41) is 13.0. The standard InChI is InChI=1S/C10H12BrNO/c11-9-3-1-2-8(4-9)5-10(13)6-12-7-10/h1-4,12-13H,5-7H2. The molecule has 0 bridgehead atoms. The first kappa shape index (κ1) is 9.19. The fraction of sp³-hybridized carbons (Fsp3) is 0.400. The van der Waals surface area contributed by atoms with Gasteiger partial charge in [0.15, 0.2) is 0 Å². The van der Waals surface area contributed by atoms with Crippen molar-refractivity contribution in [1.29, 1.82) is 0 Å². The number of hydrogen-bond acceptors (Lipinski definition) is 2. The van der Waals surface area contributed by atoms with Gasteiger partial charge in [0.05, 0.1) is 5.60 Å². The van der Waals surface area contributed by atoms with E-state index in [2.05, 4.69) is 27.3 Å². The Morgan fingerprint density at radius 2 is 2.23 bits per heavy atom. The fourth-order valence-corrected chi connectivity index (χ4v) is 2.01. The lowest BCUT2D eigenvalue weighted by atomic mass is 9.89. The summed E-state index contributed by atoms with van der Waals surface area (Å²) < 4.78 is 1.07. The zero-order valence-electron chi connectivity index (χ0n) is 7.26. The van der Waals surface area contributed by atoms with Crippen molar-refractivity contribution in [2.75, 3.05) is 13.1 Å². The molecule has 0 unspecified atom stereocenters. The van der Waals surface area contributed by atoms with Crippen LogP contribution in [0.25, 0.3) is 0 Å². The predicted molar refractivity (Wildman–Crippen MR) is 55.7 cm³/mol. The van der Waals surface area contributed by atoms with Gasteiger partial charge in [0.2, 0.25) is 0 Å². The summed E-state index contributed by atoms with van der Waals surface area (Å²) in [5.74, 6) is 0. The maximum atomic E-state index is 9.88. The molecule has 2 nitrogen and oxygen atoms in total. The predicted octanol–water partition coefficient (Wildman–Crippen LogP) is 1.33. The van der Waals surface area contributed by atoms with Crippen molar-refractivity contribution in [3.8, 4) is 0 Å². The quantitative estimate of drug-likeness (QED) is 0.819. The SMILES string of the molecule is OC1(Cc2cccc(Br)c2)CNC1. The molecule has 2 rings (SSSR count). The van der Waals surface area contributed by atoms with Crippen LogP contribution >= 0.6 is 15.9 Å². The smallest absolute Gasteiger partial charge is 0.0935 e. The maximum absolute atomic E-state index is 9.88. The van der Waals surface area contributed by atoms with Crippen LogP contribution in [0.2, 0.25) is 0 Å². The monoisotopic (exact) mass is 241 g/mol. The van der Waals surface area contributed by atoms with Crippen LogP contribution in [0.5, 0.6) is 0 Å². The van der Waals surface area contributed by atoms with Gasteiger partial charge in [-0.2, -0.15) is 0 Å². The average molecular weight is 242 g/mol. The molecule has 0 spiro atoms. The Hall–Kier alpha value is -0.380. The number of halogens is 1. The van der Waals surface area contributed by atoms with E-state index in [1.54, 1.807) is 0 Å². The first-order valence-electron chi connectivity index (χ1n) is 4.36. The Kier molecular flexibility index (Phi) is 2.41. The highest BCUT2D eigenvalue weighted by molar-refractivity contribution is 9.10. The summed E-state index contributed by atoms with van der Waals surface area (Å²) in [7, 11) is 0. The summed E-state index contributed by atoms with van der Waals surface area (Å²) in [6.07, 6.45) is 0.736. The lowest BCUT2D eigenvalue weighted by Gasteiger charge is -2.37. The summed E-state index contributed by atoms with van der Waals surface area (Å²) >= 11 is 3.41. The van der Waals surface area contributed by atoms with Gasteiger partial charge in [-0.1, -0.05) is 28.1 Å². The summed E-state index contributed by atoms with van der Waals surface area (Å²) in [4.78, 5) is 0. The molecule has 1 aromatic carbocycles. The van der Waals surface area contributed by atoms with Gasteiger partial charge in [-0.3, -0.25) is 0 Å². The second-order valence-corrected chi connectivity index (χ2v) is 4.55. The third-order valence-electron chi connectivity index (χ3n) is 2.33. The fourth-order valence-electron chi connectivity index (χ4n) is 1.57. The van der Waals surface area contributed by atoms with Crippen LogP contribution < -0.4 is 5.32 Å². The van der Waals surface area contributed by atoms with Crippen LogP contribution in [-0.2, 0) is 6.42 Å². The Morgan fingerprint density at radius 3 is 2.77 bits per heavy atom. The Labute approximate surface area is 86.1 Å².